The van der Waals surface area contributed by atoms with Crippen molar-refractivity contribution in [2.24, 2.45) is 11.8 Å². The largest absolute Gasteiger partial charge is 0.481 e. The summed E-state index contributed by atoms with van der Waals surface area (Å²) in [5.74, 6) is -2.49. The summed E-state index contributed by atoms with van der Waals surface area (Å²) in [7, 11) is 0. The van der Waals surface area contributed by atoms with Crippen LogP contribution in [0.4, 0.5) is 0 Å². The van der Waals surface area contributed by atoms with Crippen molar-refractivity contribution >= 4 is 11.9 Å². The molecule has 0 saturated carbocycles. The smallest absolute Gasteiger partial charge is 0.320 e. The van der Waals surface area contributed by atoms with Gasteiger partial charge in [-0.3, -0.25) is 9.59 Å². The van der Waals surface area contributed by atoms with Gasteiger partial charge in [0.25, 0.3) is 0 Å². The Hall–Kier alpha value is -1.10. The molecule has 0 aromatic rings. The van der Waals surface area contributed by atoms with Crippen molar-refractivity contribution in [1.82, 2.24) is 0 Å². The summed E-state index contributed by atoms with van der Waals surface area (Å²) in [6.45, 7) is 3.20. The third-order valence-corrected chi connectivity index (χ3v) is 2.78. The molecule has 92 valence electrons. The van der Waals surface area contributed by atoms with E-state index in [1.165, 1.54) is 0 Å². The van der Waals surface area contributed by atoms with Crippen LogP contribution in [0.1, 0.15) is 26.2 Å². The van der Waals surface area contributed by atoms with Crippen molar-refractivity contribution in [2.45, 2.75) is 26.2 Å². The van der Waals surface area contributed by atoms with Gasteiger partial charge in [0.05, 0.1) is 6.61 Å². The number of ether oxygens (including phenoxy) is 2. The summed E-state index contributed by atoms with van der Waals surface area (Å²) in [6, 6.07) is 0. The van der Waals surface area contributed by atoms with Crippen LogP contribution in [-0.2, 0) is 19.1 Å². The Morgan fingerprint density at radius 1 is 1.44 bits per heavy atom. The molecular formula is C11H18O5. The average Bonchev–Trinajstić information content (AvgIpc) is 2.27. The fourth-order valence-electron chi connectivity index (χ4n) is 1.86. The molecule has 0 spiro atoms. The fourth-order valence-corrected chi connectivity index (χ4v) is 1.86. The molecule has 0 aromatic heterocycles. The lowest BCUT2D eigenvalue weighted by Crippen LogP contribution is -2.30. The molecule has 1 heterocycles. The second-order valence-corrected chi connectivity index (χ2v) is 3.93. The number of carbonyl (C=O) groups excluding carboxylic acids is 1. The molecule has 0 aliphatic carbocycles. The molecule has 1 aliphatic rings. The molecule has 1 atom stereocenters. The predicted octanol–water partition coefficient (Wildman–Crippen LogP) is 1.07. The molecule has 1 rings (SSSR count). The lowest BCUT2D eigenvalue weighted by atomic mass is 9.89. The molecule has 0 amide bonds. The Kier molecular flexibility index (Phi) is 5.25. The minimum Gasteiger partial charge on any atom is -0.481 e. The molecule has 0 radical (unpaired) electrons. The highest BCUT2D eigenvalue weighted by molar-refractivity contribution is 5.93. The molecule has 5 heteroatoms. The Labute approximate surface area is 94.7 Å². The van der Waals surface area contributed by atoms with E-state index < -0.39 is 17.9 Å². The fraction of sp³-hybridized carbons (Fsp3) is 0.818. The van der Waals surface area contributed by atoms with E-state index in [0.29, 0.717) is 19.6 Å². The first-order chi connectivity index (χ1) is 7.65. The Morgan fingerprint density at radius 2 is 2.06 bits per heavy atom. The van der Waals surface area contributed by atoms with E-state index in [-0.39, 0.29) is 12.5 Å². The molecule has 1 unspecified atom stereocenters. The van der Waals surface area contributed by atoms with Gasteiger partial charge in [-0.2, -0.15) is 0 Å². The zero-order valence-electron chi connectivity index (χ0n) is 9.48. The highest BCUT2D eigenvalue weighted by Crippen LogP contribution is 2.23. The summed E-state index contributed by atoms with van der Waals surface area (Å²) in [5.41, 5.74) is 0. The molecule has 0 aromatic carbocycles. The summed E-state index contributed by atoms with van der Waals surface area (Å²) in [5, 5.41) is 8.97. The number of carboxylic acid groups (broad SMARTS) is 1. The van der Waals surface area contributed by atoms with Crippen LogP contribution in [0.3, 0.4) is 0 Å². The van der Waals surface area contributed by atoms with E-state index in [1.807, 2.05) is 0 Å². The van der Waals surface area contributed by atoms with E-state index in [9.17, 15) is 9.59 Å². The maximum absolute atomic E-state index is 11.4. The van der Waals surface area contributed by atoms with Crippen LogP contribution in [0.2, 0.25) is 0 Å². The number of carbonyl (C=O) groups is 2. The average molecular weight is 230 g/mol. The van der Waals surface area contributed by atoms with Crippen LogP contribution in [-0.4, -0.2) is 36.9 Å². The molecular weight excluding hydrogens is 212 g/mol. The van der Waals surface area contributed by atoms with Gasteiger partial charge in [0, 0.05) is 13.2 Å². The van der Waals surface area contributed by atoms with Gasteiger partial charge in [0.2, 0.25) is 0 Å². The standard InChI is InChI=1S/C11H18O5/c1-2-16-11(14)9(10(12)13)7-8-3-5-15-6-4-8/h8-9H,2-7H2,1H3,(H,12,13). The molecule has 16 heavy (non-hydrogen) atoms. The maximum atomic E-state index is 11.4. The molecule has 1 fully saturated rings. The second kappa shape index (κ2) is 6.48. The highest BCUT2D eigenvalue weighted by atomic mass is 16.5. The monoisotopic (exact) mass is 230 g/mol. The minimum atomic E-state index is -1.09. The number of hydrogen-bond donors (Lipinski definition) is 1. The Bertz CT molecular complexity index is 245. The van der Waals surface area contributed by atoms with E-state index in [4.69, 9.17) is 14.6 Å². The lowest BCUT2D eigenvalue weighted by Gasteiger charge is -2.23. The van der Waals surface area contributed by atoms with Gasteiger partial charge in [-0.1, -0.05) is 0 Å². The van der Waals surface area contributed by atoms with E-state index in [1.54, 1.807) is 6.92 Å². The SMILES string of the molecule is CCOC(=O)C(CC1CCOCC1)C(=O)O. The van der Waals surface area contributed by atoms with E-state index in [0.717, 1.165) is 12.8 Å². The molecule has 0 bridgehead atoms. The number of carboxylic acids is 1. The predicted molar refractivity (Wildman–Crippen MR) is 55.9 cm³/mol. The molecule has 1 N–H and O–H groups in total. The van der Waals surface area contributed by atoms with Gasteiger partial charge >= 0.3 is 11.9 Å². The third kappa shape index (κ3) is 3.81. The van der Waals surface area contributed by atoms with Crippen molar-refractivity contribution in [3.8, 4) is 0 Å². The van der Waals surface area contributed by atoms with Crippen molar-refractivity contribution in [2.75, 3.05) is 19.8 Å². The number of aliphatic carboxylic acids is 1. The summed E-state index contributed by atoms with van der Waals surface area (Å²) in [6.07, 6.45) is 2.00. The third-order valence-electron chi connectivity index (χ3n) is 2.78. The van der Waals surface area contributed by atoms with Gasteiger partial charge in [-0.25, -0.2) is 0 Å². The summed E-state index contributed by atoms with van der Waals surface area (Å²) >= 11 is 0. The van der Waals surface area contributed by atoms with Crippen molar-refractivity contribution in [1.29, 1.82) is 0 Å². The first kappa shape index (κ1) is 13.0. The van der Waals surface area contributed by atoms with Crippen molar-refractivity contribution < 1.29 is 24.2 Å². The van der Waals surface area contributed by atoms with Crippen LogP contribution < -0.4 is 0 Å². The van der Waals surface area contributed by atoms with Crippen LogP contribution in [0.5, 0.6) is 0 Å². The molecule has 1 aliphatic heterocycles. The zero-order valence-corrected chi connectivity index (χ0v) is 9.48. The number of hydrogen-bond acceptors (Lipinski definition) is 4. The second-order valence-electron chi connectivity index (χ2n) is 3.93. The first-order valence-corrected chi connectivity index (χ1v) is 5.62. The molecule has 5 nitrogen and oxygen atoms in total. The van der Waals surface area contributed by atoms with Crippen LogP contribution in [0.25, 0.3) is 0 Å². The van der Waals surface area contributed by atoms with E-state index in [2.05, 4.69) is 0 Å². The number of rotatable bonds is 5. The van der Waals surface area contributed by atoms with Crippen LogP contribution in [0, 0.1) is 11.8 Å². The van der Waals surface area contributed by atoms with Gasteiger partial charge < -0.3 is 14.6 Å². The number of esters is 1. The topological polar surface area (TPSA) is 72.8 Å². The highest BCUT2D eigenvalue weighted by Gasteiger charge is 2.31. The minimum absolute atomic E-state index is 0.219. The summed E-state index contributed by atoms with van der Waals surface area (Å²) in [4.78, 5) is 22.4. The first-order valence-electron chi connectivity index (χ1n) is 5.62. The van der Waals surface area contributed by atoms with E-state index >= 15 is 0 Å². The molecule has 1 saturated heterocycles. The van der Waals surface area contributed by atoms with Gasteiger partial charge in [-0.15, -0.1) is 0 Å². The van der Waals surface area contributed by atoms with Crippen LogP contribution >= 0.6 is 0 Å². The van der Waals surface area contributed by atoms with Gasteiger partial charge in [0.15, 0.2) is 5.92 Å². The van der Waals surface area contributed by atoms with Gasteiger partial charge in [-0.05, 0) is 32.1 Å². The van der Waals surface area contributed by atoms with Crippen molar-refractivity contribution in [3.05, 3.63) is 0 Å². The zero-order chi connectivity index (χ0) is 12.0. The van der Waals surface area contributed by atoms with Crippen molar-refractivity contribution in [3.63, 3.8) is 0 Å². The maximum Gasteiger partial charge on any atom is 0.320 e. The normalized spacial score (nSPS) is 19.1. The van der Waals surface area contributed by atoms with Crippen LogP contribution in [0.15, 0.2) is 0 Å². The lowest BCUT2D eigenvalue weighted by molar-refractivity contribution is -0.159. The quantitative estimate of drug-likeness (QED) is 0.565. The van der Waals surface area contributed by atoms with Gasteiger partial charge in [0.1, 0.15) is 0 Å². The Balaban J connectivity index is 2.49. The summed E-state index contributed by atoms with van der Waals surface area (Å²) < 4.78 is 9.94. The Morgan fingerprint density at radius 3 is 2.56 bits per heavy atom.